The Hall–Kier alpha value is -4.11. The molecule has 3 aromatic carbocycles. The first kappa shape index (κ1) is 25.5. The number of amides is 1. The number of ether oxygens (including phenoxy) is 1. The molecule has 4 aromatic rings. The van der Waals surface area contributed by atoms with Crippen molar-refractivity contribution in [3.63, 3.8) is 0 Å². The van der Waals surface area contributed by atoms with Crippen LogP contribution in [0.15, 0.2) is 60.2 Å². The molecule has 1 aliphatic rings. The molecule has 1 aliphatic heterocycles. The summed E-state index contributed by atoms with van der Waals surface area (Å²) in [4.78, 5) is 32.2. The number of benzene rings is 3. The maximum atomic E-state index is 14.4. The van der Waals surface area contributed by atoms with Gasteiger partial charge in [0, 0.05) is 11.6 Å². The Balaban J connectivity index is 1.69. The first-order chi connectivity index (χ1) is 18.2. The van der Waals surface area contributed by atoms with Gasteiger partial charge < -0.3 is 9.84 Å². The van der Waals surface area contributed by atoms with Gasteiger partial charge in [0.2, 0.25) is 0 Å². The molecule has 194 valence electrons. The number of ketones is 1. The lowest BCUT2D eigenvalue weighted by atomic mass is 9.94. The molecule has 9 heteroatoms. The van der Waals surface area contributed by atoms with Gasteiger partial charge in [-0.25, -0.2) is 13.8 Å². The maximum Gasteiger partial charge on any atom is 0.301 e. The molecule has 0 saturated carbocycles. The number of rotatable bonds is 6. The molecule has 0 bridgehead atoms. The van der Waals surface area contributed by atoms with Crippen molar-refractivity contribution in [2.75, 3.05) is 11.5 Å². The van der Waals surface area contributed by atoms with E-state index in [2.05, 4.69) is 4.98 Å². The molecule has 38 heavy (non-hydrogen) atoms. The number of aryl methyl sites for hydroxylation is 2. The summed E-state index contributed by atoms with van der Waals surface area (Å²) in [5.74, 6) is -3.15. The Morgan fingerprint density at radius 1 is 1.11 bits per heavy atom. The molecule has 1 saturated heterocycles. The Morgan fingerprint density at radius 3 is 2.61 bits per heavy atom. The zero-order valence-electron chi connectivity index (χ0n) is 20.9. The topological polar surface area (TPSA) is 79.7 Å². The zero-order chi connectivity index (χ0) is 27.1. The Labute approximate surface area is 221 Å². The van der Waals surface area contributed by atoms with Crippen molar-refractivity contribution in [2.24, 2.45) is 0 Å². The number of nitrogens with zero attached hydrogens (tertiary/aromatic N) is 2. The molecule has 1 N–H and O–H groups in total. The molecule has 1 unspecified atom stereocenters. The van der Waals surface area contributed by atoms with Gasteiger partial charge in [-0.1, -0.05) is 48.1 Å². The molecule has 1 aromatic heterocycles. The third-order valence-electron chi connectivity index (χ3n) is 6.32. The monoisotopic (exact) mass is 534 g/mol. The summed E-state index contributed by atoms with van der Waals surface area (Å²) in [7, 11) is 0. The Kier molecular flexibility index (Phi) is 6.71. The van der Waals surface area contributed by atoms with Gasteiger partial charge in [0.1, 0.15) is 22.8 Å². The number of thiazole rings is 1. The third-order valence-corrected chi connectivity index (χ3v) is 7.32. The highest BCUT2D eigenvalue weighted by molar-refractivity contribution is 7.22. The van der Waals surface area contributed by atoms with E-state index in [0.717, 1.165) is 39.9 Å². The van der Waals surface area contributed by atoms with Gasteiger partial charge >= 0.3 is 5.91 Å². The van der Waals surface area contributed by atoms with E-state index in [1.807, 2.05) is 26.8 Å². The predicted molar refractivity (Wildman–Crippen MR) is 142 cm³/mol. The standard InChI is InChI=1S/C29H24F2N2O4S/c1-4-10-37-21-9-8-18(12-16(21)3)26(34)23-25(17-7-5-6-15(2)11-17)33(28(36)27(23)35)29-32-24-20(31)13-19(30)14-22(24)38-29/h5-9,11-14,25,34H,4,10H2,1-3H3/b26-23+. The Morgan fingerprint density at radius 2 is 1.89 bits per heavy atom. The number of hydrogen-bond donors (Lipinski definition) is 1. The molecule has 1 amide bonds. The fourth-order valence-electron chi connectivity index (χ4n) is 4.56. The number of aliphatic hydroxyl groups excluding tert-OH is 1. The van der Waals surface area contributed by atoms with Crippen LogP contribution in [0.2, 0.25) is 0 Å². The van der Waals surface area contributed by atoms with Crippen LogP contribution in [0.25, 0.3) is 16.0 Å². The van der Waals surface area contributed by atoms with Crippen molar-refractivity contribution in [3.8, 4) is 5.75 Å². The lowest BCUT2D eigenvalue weighted by molar-refractivity contribution is -0.132. The van der Waals surface area contributed by atoms with Crippen LogP contribution in [0.5, 0.6) is 5.75 Å². The van der Waals surface area contributed by atoms with E-state index in [1.165, 1.54) is 0 Å². The second kappa shape index (κ2) is 9.98. The Bertz CT molecular complexity index is 1630. The van der Waals surface area contributed by atoms with Crippen LogP contribution in [-0.4, -0.2) is 28.4 Å². The summed E-state index contributed by atoms with van der Waals surface area (Å²) in [6, 6.07) is 13.0. The van der Waals surface area contributed by atoms with Crippen molar-refractivity contribution >= 4 is 44.1 Å². The number of aliphatic hydroxyl groups is 1. The highest BCUT2D eigenvalue weighted by atomic mass is 32.1. The summed E-state index contributed by atoms with van der Waals surface area (Å²) in [5, 5.41) is 11.4. The van der Waals surface area contributed by atoms with Crippen LogP contribution in [0.3, 0.4) is 0 Å². The summed E-state index contributed by atoms with van der Waals surface area (Å²) in [6.45, 7) is 6.23. The molecule has 1 fully saturated rings. The van der Waals surface area contributed by atoms with Gasteiger partial charge in [-0.05, 0) is 55.7 Å². The number of fused-ring (bicyclic) bond motifs is 1. The van der Waals surface area contributed by atoms with E-state index in [9.17, 15) is 23.5 Å². The van der Waals surface area contributed by atoms with Crippen LogP contribution >= 0.6 is 11.3 Å². The predicted octanol–water partition coefficient (Wildman–Crippen LogP) is 6.61. The van der Waals surface area contributed by atoms with Crippen molar-refractivity contribution in [3.05, 3.63) is 94.1 Å². The first-order valence-corrected chi connectivity index (χ1v) is 12.9. The summed E-state index contributed by atoms with van der Waals surface area (Å²) in [6.07, 6.45) is 0.837. The van der Waals surface area contributed by atoms with Gasteiger partial charge in [-0.15, -0.1) is 0 Å². The van der Waals surface area contributed by atoms with E-state index in [1.54, 1.807) is 36.4 Å². The van der Waals surface area contributed by atoms with Crippen LogP contribution in [0.4, 0.5) is 13.9 Å². The SMILES string of the molecule is CCCOc1ccc(/C(O)=C2\C(=O)C(=O)N(c3nc4c(F)cc(F)cc4s3)C2c2cccc(C)c2)cc1C. The zero-order valence-corrected chi connectivity index (χ0v) is 21.7. The quantitative estimate of drug-likeness (QED) is 0.171. The van der Waals surface area contributed by atoms with Gasteiger partial charge in [0.25, 0.3) is 5.78 Å². The lowest BCUT2D eigenvalue weighted by Gasteiger charge is -2.23. The van der Waals surface area contributed by atoms with Crippen molar-refractivity contribution in [1.82, 2.24) is 4.98 Å². The number of hydrogen-bond acceptors (Lipinski definition) is 6. The summed E-state index contributed by atoms with van der Waals surface area (Å²) >= 11 is 0.894. The molecule has 1 atom stereocenters. The van der Waals surface area contributed by atoms with Crippen LogP contribution in [0.1, 0.15) is 41.6 Å². The van der Waals surface area contributed by atoms with E-state index < -0.39 is 29.4 Å². The summed E-state index contributed by atoms with van der Waals surface area (Å²) < 4.78 is 34.2. The summed E-state index contributed by atoms with van der Waals surface area (Å²) in [5.41, 5.74) is 2.32. The second-order valence-electron chi connectivity index (χ2n) is 9.14. The molecule has 0 radical (unpaired) electrons. The molecular formula is C29H24F2N2O4S. The minimum Gasteiger partial charge on any atom is -0.507 e. The van der Waals surface area contributed by atoms with E-state index in [-0.39, 0.29) is 26.7 Å². The van der Waals surface area contributed by atoms with Crippen molar-refractivity contribution < 1.29 is 28.2 Å². The van der Waals surface area contributed by atoms with Gasteiger partial charge in [-0.2, -0.15) is 0 Å². The smallest absolute Gasteiger partial charge is 0.301 e. The van der Waals surface area contributed by atoms with Gasteiger partial charge in [-0.3, -0.25) is 14.5 Å². The van der Waals surface area contributed by atoms with Crippen LogP contribution in [-0.2, 0) is 9.59 Å². The average molecular weight is 535 g/mol. The minimum absolute atomic E-state index is 0.0247. The third kappa shape index (κ3) is 4.43. The number of carbonyl (C=O) groups is 2. The lowest BCUT2D eigenvalue weighted by Crippen LogP contribution is -2.29. The minimum atomic E-state index is -1.03. The number of anilines is 1. The average Bonchev–Trinajstić information content (AvgIpc) is 3.41. The highest BCUT2D eigenvalue weighted by Gasteiger charge is 2.48. The molecule has 6 nitrogen and oxygen atoms in total. The molecular weight excluding hydrogens is 510 g/mol. The fourth-order valence-corrected chi connectivity index (χ4v) is 5.59. The number of halogens is 2. The largest absolute Gasteiger partial charge is 0.507 e. The number of carbonyl (C=O) groups excluding carboxylic acids is 2. The fraction of sp³-hybridized carbons (Fsp3) is 0.207. The second-order valence-corrected chi connectivity index (χ2v) is 10.2. The first-order valence-electron chi connectivity index (χ1n) is 12.1. The van der Waals surface area contributed by atoms with E-state index in [0.29, 0.717) is 29.5 Å². The van der Waals surface area contributed by atoms with Gasteiger partial charge in [0.05, 0.1) is 22.9 Å². The van der Waals surface area contributed by atoms with Crippen molar-refractivity contribution in [2.45, 2.75) is 33.2 Å². The van der Waals surface area contributed by atoms with Crippen LogP contribution < -0.4 is 9.64 Å². The van der Waals surface area contributed by atoms with Gasteiger partial charge in [0.15, 0.2) is 10.9 Å². The molecule has 2 heterocycles. The maximum absolute atomic E-state index is 14.4. The van der Waals surface area contributed by atoms with Crippen LogP contribution in [0, 0.1) is 25.5 Å². The molecule has 0 aliphatic carbocycles. The molecule has 5 rings (SSSR count). The number of aromatic nitrogens is 1. The highest BCUT2D eigenvalue weighted by Crippen LogP contribution is 2.45. The normalized spacial score (nSPS) is 17.0. The number of Topliss-reactive ketones (excluding diaryl/α,β-unsaturated/α-hetero) is 1. The van der Waals surface area contributed by atoms with E-state index in [4.69, 9.17) is 4.74 Å². The molecule has 0 spiro atoms. The van der Waals surface area contributed by atoms with Crippen molar-refractivity contribution in [1.29, 1.82) is 0 Å². The van der Waals surface area contributed by atoms with E-state index >= 15 is 0 Å².